The van der Waals surface area contributed by atoms with Crippen molar-refractivity contribution < 1.29 is 9.90 Å². The molecule has 0 fully saturated rings. The van der Waals surface area contributed by atoms with Crippen LogP contribution in [-0.2, 0) is 4.79 Å². The molecule has 1 aromatic rings. The number of carbonyl (C=O) groups excluding carboxylic acids is 1. The van der Waals surface area contributed by atoms with Crippen molar-refractivity contribution in [1.29, 1.82) is 5.26 Å². The molecule has 0 radical (unpaired) electrons. The molecule has 0 amide bonds. The van der Waals surface area contributed by atoms with Gasteiger partial charge in [-0.1, -0.05) is 18.2 Å². The van der Waals surface area contributed by atoms with Crippen LogP contribution in [0.25, 0.3) is 6.08 Å². The highest BCUT2D eigenvalue weighted by molar-refractivity contribution is 5.60. The van der Waals surface area contributed by atoms with Gasteiger partial charge in [-0.2, -0.15) is 5.26 Å². The lowest BCUT2D eigenvalue weighted by Crippen LogP contribution is -1.78. The molecule has 3 heteroatoms. The normalized spacial score (nSPS) is 9.93. The highest BCUT2D eigenvalue weighted by atomic mass is 16.3. The molecular weight excluding hydrogens is 178 g/mol. The first-order chi connectivity index (χ1) is 6.77. The standard InChI is InChI=1S/C11H9NO2/c12-8-10-7-9(3-1-2-6-13)4-5-11(10)14/h1,3-7,14H,2H2. The van der Waals surface area contributed by atoms with Gasteiger partial charge in [0.1, 0.15) is 18.1 Å². The van der Waals surface area contributed by atoms with E-state index in [0.717, 1.165) is 11.8 Å². The lowest BCUT2D eigenvalue weighted by Gasteiger charge is -1.96. The Morgan fingerprint density at radius 3 is 2.93 bits per heavy atom. The summed E-state index contributed by atoms with van der Waals surface area (Å²) < 4.78 is 0. The Balaban J connectivity index is 2.91. The molecule has 0 saturated heterocycles. The summed E-state index contributed by atoms with van der Waals surface area (Å²) in [5.41, 5.74) is 1.03. The van der Waals surface area contributed by atoms with Crippen molar-refractivity contribution in [3.05, 3.63) is 35.4 Å². The molecule has 0 aliphatic rings. The van der Waals surface area contributed by atoms with E-state index in [1.165, 1.54) is 6.07 Å². The molecule has 0 aromatic heterocycles. The summed E-state index contributed by atoms with van der Waals surface area (Å²) in [5, 5.41) is 17.8. The summed E-state index contributed by atoms with van der Waals surface area (Å²) in [5.74, 6) is -0.0277. The molecule has 0 bridgehead atoms. The molecule has 1 aromatic carbocycles. The van der Waals surface area contributed by atoms with E-state index in [0.29, 0.717) is 6.42 Å². The quantitative estimate of drug-likeness (QED) is 0.735. The summed E-state index contributed by atoms with van der Waals surface area (Å²) in [6.45, 7) is 0. The van der Waals surface area contributed by atoms with E-state index < -0.39 is 0 Å². The maximum atomic E-state index is 10.0. The van der Waals surface area contributed by atoms with Gasteiger partial charge in [-0.25, -0.2) is 0 Å². The largest absolute Gasteiger partial charge is 0.507 e. The second-order valence-electron chi connectivity index (χ2n) is 2.69. The monoisotopic (exact) mass is 187 g/mol. The van der Waals surface area contributed by atoms with E-state index in [1.54, 1.807) is 24.3 Å². The molecule has 0 atom stereocenters. The number of allylic oxidation sites excluding steroid dienone is 1. The summed E-state index contributed by atoms with van der Waals surface area (Å²) in [4.78, 5) is 10.0. The van der Waals surface area contributed by atoms with Crippen molar-refractivity contribution in [3.63, 3.8) is 0 Å². The Labute approximate surface area is 81.9 Å². The molecule has 0 heterocycles. The summed E-state index contributed by atoms with van der Waals surface area (Å²) in [6, 6.07) is 6.57. The van der Waals surface area contributed by atoms with Crippen molar-refractivity contribution in [1.82, 2.24) is 0 Å². The van der Waals surface area contributed by atoms with Crippen LogP contribution in [0.15, 0.2) is 24.3 Å². The lowest BCUT2D eigenvalue weighted by atomic mass is 10.1. The van der Waals surface area contributed by atoms with Gasteiger partial charge in [0.25, 0.3) is 0 Å². The maximum Gasteiger partial charge on any atom is 0.133 e. The lowest BCUT2D eigenvalue weighted by molar-refractivity contribution is -0.107. The first-order valence-corrected chi connectivity index (χ1v) is 4.11. The van der Waals surface area contributed by atoms with Crippen LogP contribution in [0, 0.1) is 11.3 Å². The minimum Gasteiger partial charge on any atom is -0.507 e. The molecular formula is C11H9NO2. The van der Waals surface area contributed by atoms with Crippen molar-refractivity contribution in [2.24, 2.45) is 0 Å². The average molecular weight is 187 g/mol. The number of aromatic hydroxyl groups is 1. The smallest absolute Gasteiger partial charge is 0.133 e. The van der Waals surface area contributed by atoms with Crippen LogP contribution in [0.3, 0.4) is 0 Å². The van der Waals surface area contributed by atoms with Gasteiger partial charge in [0.15, 0.2) is 0 Å². The van der Waals surface area contributed by atoms with Crippen molar-refractivity contribution in [3.8, 4) is 11.8 Å². The van der Waals surface area contributed by atoms with Gasteiger partial charge in [0.2, 0.25) is 0 Å². The van der Waals surface area contributed by atoms with E-state index in [4.69, 9.17) is 5.26 Å². The summed E-state index contributed by atoms with van der Waals surface area (Å²) in [6.07, 6.45) is 4.57. The number of carbonyl (C=O) groups is 1. The number of nitrogens with zero attached hydrogens (tertiary/aromatic N) is 1. The van der Waals surface area contributed by atoms with E-state index in [2.05, 4.69) is 0 Å². The van der Waals surface area contributed by atoms with Gasteiger partial charge in [0, 0.05) is 6.42 Å². The Bertz CT molecular complexity index is 402. The number of phenolic OH excluding ortho intramolecular Hbond substituents is 1. The van der Waals surface area contributed by atoms with Gasteiger partial charge in [-0.05, 0) is 17.7 Å². The average Bonchev–Trinajstić information content (AvgIpc) is 2.21. The molecule has 0 aliphatic carbocycles. The van der Waals surface area contributed by atoms with Crippen LogP contribution in [0.2, 0.25) is 0 Å². The van der Waals surface area contributed by atoms with E-state index in [1.807, 2.05) is 6.07 Å². The number of aldehydes is 1. The van der Waals surface area contributed by atoms with Gasteiger partial charge >= 0.3 is 0 Å². The third-order valence-corrected chi connectivity index (χ3v) is 1.68. The molecule has 0 saturated carbocycles. The Morgan fingerprint density at radius 2 is 2.29 bits per heavy atom. The number of rotatable bonds is 3. The Hall–Kier alpha value is -2.08. The second kappa shape index (κ2) is 4.83. The summed E-state index contributed by atoms with van der Waals surface area (Å²) >= 11 is 0. The van der Waals surface area contributed by atoms with Gasteiger partial charge in [-0.15, -0.1) is 0 Å². The van der Waals surface area contributed by atoms with Crippen LogP contribution in [0.1, 0.15) is 17.5 Å². The van der Waals surface area contributed by atoms with Crippen LogP contribution in [0.4, 0.5) is 0 Å². The van der Waals surface area contributed by atoms with E-state index in [-0.39, 0.29) is 11.3 Å². The predicted octanol–water partition coefficient (Wildman–Crippen LogP) is 1.87. The molecule has 70 valence electrons. The second-order valence-corrected chi connectivity index (χ2v) is 2.69. The predicted molar refractivity (Wildman–Crippen MR) is 52.5 cm³/mol. The van der Waals surface area contributed by atoms with Crippen molar-refractivity contribution in [2.45, 2.75) is 6.42 Å². The van der Waals surface area contributed by atoms with Crippen LogP contribution < -0.4 is 0 Å². The first kappa shape index (κ1) is 10.0. The van der Waals surface area contributed by atoms with Crippen molar-refractivity contribution in [2.75, 3.05) is 0 Å². The topological polar surface area (TPSA) is 61.1 Å². The molecule has 14 heavy (non-hydrogen) atoms. The van der Waals surface area contributed by atoms with E-state index >= 15 is 0 Å². The van der Waals surface area contributed by atoms with Crippen LogP contribution in [-0.4, -0.2) is 11.4 Å². The summed E-state index contributed by atoms with van der Waals surface area (Å²) in [7, 11) is 0. The highest BCUT2D eigenvalue weighted by Crippen LogP contribution is 2.17. The van der Waals surface area contributed by atoms with Crippen LogP contribution in [0.5, 0.6) is 5.75 Å². The van der Waals surface area contributed by atoms with Gasteiger partial charge < -0.3 is 9.90 Å². The Morgan fingerprint density at radius 1 is 1.50 bits per heavy atom. The van der Waals surface area contributed by atoms with Crippen molar-refractivity contribution >= 4 is 12.4 Å². The third kappa shape index (κ3) is 2.46. The SMILES string of the molecule is N#Cc1cc(C=CCC=O)ccc1O. The third-order valence-electron chi connectivity index (χ3n) is 1.68. The van der Waals surface area contributed by atoms with Gasteiger partial charge in [-0.3, -0.25) is 0 Å². The first-order valence-electron chi connectivity index (χ1n) is 4.11. The zero-order valence-corrected chi connectivity index (χ0v) is 7.47. The minimum absolute atomic E-state index is 0.0277. The molecule has 0 aliphatic heterocycles. The number of hydrogen-bond acceptors (Lipinski definition) is 3. The highest BCUT2D eigenvalue weighted by Gasteiger charge is 1.98. The van der Waals surface area contributed by atoms with E-state index in [9.17, 15) is 9.90 Å². The number of nitriles is 1. The fourth-order valence-corrected chi connectivity index (χ4v) is 1.01. The van der Waals surface area contributed by atoms with Gasteiger partial charge in [0.05, 0.1) is 5.56 Å². The zero-order chi connectivity index (χ0) is 10.4. The molecule has 0 unspecified atom stereocenters. The molecule has 1 N–H and O–H groups in total. The fourth-order valence-electron chi connectivity index (χ4n) is 1.01. The number of hydrogen-bond donors (Lipinski definition) is 1. The molecule has 1 rings (SSSR count). The number of benzene rings is 1. The fraction of sp³-hybridized carbons (Fsp3) is 0.0909. The molecule has 3 nitrogen and oxygen atoms in total. The zero-order valence-electron chi connectivity index (χ0n) is 7.47. The Kier molecular flexibility index (Phi) is 3.45. The minimum atomic E-state index is -0.0277. The number of phenols is 1. The maximum absolute atomic E-state index is 10.0. The molecule has 0 spiro atoms. The van der Waals surface area contributed by atoms with Crippen LogP contribution >= 0.6 is 0 Å².